The maximum absolute atomic E-state index is 13.3. The summed E-state index contributed by atoms with van der Waals surface area (Å²) in [5.74, 6) is -0.728. The Labute approximate surface area is 234 Å². The Morgan fingerprint density at radius 2 is 1.64 bits per heavy atom. The molecule has 10 heteroatoms. The zero-order chi connectivity index (χ0) is 28.3. The number of hydrazone groups is 1. The predicted octanol–water partition coefficient (Wildman–Crippen LogP) is 5.18. The second-order valence-electron chi connectivity index (χ2n) is 10.0. The molecule has 1 saturated heterocycles. The maximum atomic E-state index is 13.3. The minimum absolute atomic E-state index is 0.172. The molecule has 2 N–H and O–H groups in total. The molecule has 1 aromatic heterocycles. The first-order valence-electron chi connectivity index (χ1n) is 12.9. The summed E-state index contributed by atoms with van der Waals surface area (Å²) in [6, 6.07) is 14.8. The summed E-state index contributed by atoms with van der Waals surface area (Å²) in [7, 11) is -3.64. The van der Waals surface area contributed by atoms with Crippen LogP contribution in [-0.2, 0) is 14.8 Å². The molecule has 0 saturated carbocycles. The van der Waals surface area contributed by atoms with Crippen molar-refractivity contribution in [2.75, 3.05) is 18.4 Å². The number of amides is 2. The van der Waals surface area contributed by atoms with Gasteiger partial charge >= 0.3 is 0 Å². The van der Waals surface area contributed by atoms with E-state index in [9.17, 15) is 18.0 Å². The van der Waals surface area contributed by atoms with Gasteiger partial charge in [-0.3, -0.25) is 9.59 Å². The summed E-state index contributed by atoms with van der Waals surface area (Å²) in [5.41, 5.74) is 7.14. The third-order valence-electron chi connectivity index (χ3n) is 6.86. The van der Waals surface area contributed by atoms with Crippen LogP contribution in [0.2, 0.25) is 0 Å². The molecule has 8 nitrogen and oxygen atoms in total. The molecule has 4 rings (SSSR count). The number of anilines is 1. The standard InChI is InChI=1S/C29H34N4O4S2/c1-18-15-19(2)27(20(3)16-18)39(36,37)33-13-11-23(12-14-33)28(34)32-31-22(5)24-7-6-8-25(17-24)30-29(35)26-10-9-21(4)38-26/h6-10,15-17,23H,11-14H2,1-5H3,(H,30,35)(H,32,34)/b31-22+. The number of piperidine rings is 1. The SMILES string of the molecule is C/C(=N\NC(=O)C1CCN(S(=O)(=O)c2c(C)cc(C)cc2C)CC1)c1cccc(NC(=O)c2ccc(C)s2)c1. The maximum Gasteiger partial charge on any atom is 0.265 e. The summed E-state index contributed by atoms with van der Waals surface area (Å²) in [6.07, 6.45) is 0.848. The molecule has 0 radical (unpaired) electrons. The van der Waals surface area contributed by atoms with Crippen LogP contribution in [0.5, 0.6) is 0 Å². The second-order valence-corrected chi connectivity index (χ2v) is 13.2. The molecule has 206 valence electrons. The highest BCUT2D eigenvalue weighted by Crippen LogP contribution is 2.29. The van der Waals surface area contributed by atoms with E-state index in [0.717, 1.165) is 27.1 Å². The molecule has 39 heavy (non-hydrogen) atoms. The molecule has 3 aromatic rings. The van der Waals surface area contributed by atoms with Gasteiger partial charge in [-0.15, -0.1) is 11.3 Å². The van der Waals surface area contributed by atoms with Crippen molar-refractivity contribution in [3.05, 3.63) is 80.5 Å². The fourth-order valence-electron chi connectivity index (χ4n) is 4.93. The third kappa shape index (κ3) is 6.63. The lowest BCUT2D eigenvalue weighted by Crippen LogP contribution is -2.42. The lowest BCUT2D eigenvalue weighted by atomic mass is 9.98. The number of aryl methyl sites for hydroxylation is 4. The number of hydrogen-bond donors (Lipinski definition) is 2. The van der Waals surface area contributed by atoms with Gasteiger partial charge in [0.15, 0.2) is 0 Å². The van der Waals surface area contributed by atoms with Gasteiger partial charge in [-0.2, -0.15) is 9.41 Å². The Hall–Kier alpha value is -3.34. The molecule has 1 fully saturated rings. The summed E-state index contributed by atoms with van der Waals surface area (Å²) in [6.45, 7) is 9.89. The van der Waals surface area contributed by atoms with Crippen molar-refractivity contribution in [1.29, 1.82) is 0 Å². The van der Waals surface area contributed by atoms with E-state index in [1.807, 2.05) is 64.1 Å². The van der Waals surface area contributed by atoms with Gasteiger partial charge in [0, 0.05) is 29.6 Å². The average Bonchev–Trinajstić information content (AvgIpc) is 3.33. The van der Waals surface area contributed by atoms with Crippen molar-refractivity contribution in [3.8, 4) is 0 Å². The predicted molar refractivity (Wildman–Crippen MR) is 156 cm³/mol. The number of nitrogens with one attached hydrogen (secondary N) is 2. The van der Waals surface area contributed by atoms with Gasteiger partial charge < -0.3 is 5.32 Å². The zero-order valence-corrected chi connectivity index (χ0v) is 24.5. The molecular formula is C29H34N4O4S2. The van der Waals surface area contributed by atoms with E-state index < -0.39 is 10.0 Å². The van der Waals surface area contributed by atoms with Crippen LogP contribution in [0.3, 0.4) is 0 Å². The van der Waals surface area contributed by atoms with Gasteiger partial charge in [0.25, 0.3) is 5.91 Å². The molecule has 2 aromatic carbocycles. The first-order chi connectivity index (χ1) is 18.5. The number of thiophene rings is 1. The van der Waals surface area contributed by atoms with Crippen LogP contribution < -0.4 is 10.7 Å². The summed E-state index contributed by atoms with van der Waals surface area (Å²) in [4.78, 5) is 27.4. The Bertz CT molecular complexity index is 1510. The molecule has 1 aliphatic heterocycles. The van der Waals surface area contributed by atoms with Crippen molar-refractivity contribution < 1.29 is 18.0 Å². The minimum atomic E-state index is -3.64. The quantitative estimate of drug-likeness (QED) is 0.304. The van der Waals surface area contributed by atoms with E-state index in [0.29, 0.717) is 34.0 Å². The number of hydrogen-bond acceptors (Lipinski definition) is 6. The molecule has 0 spiro atoms. The highest BCUT2D eigenvalue weighted by molar-refractivity contribution is 7.89. The van der Waals surface area contributed by atoms with Crippen LogP contribution in [0, 0.1) is 33.6 Å². The van der Waals surface area contributed by atoms with Gasteiger partial charge in [0.05, 0.1) is 15.5 Å². The largest absolute Gasteiger partial charge is 0.321 e. The Kier molecular flexibility index (Phi) is 8.68. The van der Waals surface area contributed by atoms with Gasteiger partial charge in [0.1, 0.15) is 0 Å². The fourth-order valence-corrected chi connectivity index (χ4v) is 7.57. The lowest BCUT2D eigenvalue weighted by Gasteiger charge is -2.31. The van der Waals surface area contributed by atoms with E-state index in [1.165, 1.54) is 15.6 Å². The number of carbonyl (C=O) groups is 2. The van der Waals surface area contributed by atoms with Crippen LogP contribution in [0.1, 0.15) is 56.6 Å². The summed E-state index contributed by atoms with van der Waals surface area (Å²) in [5, 5.41) is 7.17. The van der Waals surface area contributed by atoms with Crippen LogP contribution in [0.25, 0.3) is 0 Å². The fraction of sp³-hybridized carbons (Fsp3) is 0.345. The van der Waals surface area contributed by atoms with E-state index in [1.54, 1.807) is 19.1 Å². The highest BCUT2D eigenvalue weighted by atomic mass is 32.2. The Morgan fingerprint density at radius 1 is 0.974 bits per heavy atom. The number of rotatable bonds is 7. The minimum Gasteiger partial charge on any atom is -0.321 e. The molecule has 0 unspecified atom stereocenters. The molecule has 1 aliphatic rings. The number of sulfonamides is 1. The smallest absolute Gasteiger partial charge is 0.265 e. The normalized spacial score (nSPS) is 15.3. The summed E-state index contributed by atoms with van der Waals surface area (Å²) >= 11 is 1.43. The molecule has 2 heterocycles. The van der Waals surface area contributed by atoms with Gasteiger partial charge in [-0.05, 0) is 88.4 Å². The molecule has 0 atom stereocenters. The molecule has 0 aliphatic carbocycles. The molecule has 2 amide bonds. The number of nitrogens with zero attached hydrogens (tertiary/aromatic N) is 2. The van der Waals surface area contributed by atoms with Crippen LogP contribution in [0.4, 0.5) is 5.69 Å². The van der Waals surface area contributed by atoms with Crippen molar-refractivity contribution in [1.82, 2.24) is 9.73 Å². The van der Waals surface area contributed by atoms with Crippen LogP contribution >= 0.6 is 11.3 Å². The lowest BCUT2D eigenvalue weighted by molar-refractivity contribution is -0.126. The average molecular weight is 567 g/mol. The van der Waals surface area contributed by atoms with Gasteiger partial charge in [-0.1, -0.05) is 29.8 Å². The first-order valence-corrected chi connectivity index (χ1v) is 15.1. The third-order valence-corrected chi connectivity index (χ3v) is 10.1. The van der Waals surface area contributed by atoms with Crippen molar-refractivity contribution in [3.63, 3.8) is 0 Å². The van der Waals surface area contributed by atoms with Gasteiger partial charge in [0.2, 0.25) is 15.9 Å². The Morgan fingerprint density at radius 3 is 2.26 bits per heavy atom. The number of benzene rings is 2. The monoisotopic (exact) mass is 566 g/mol. The molecular weight excluding hydrogens is 532 g/mol. The molecule has 0 bridgehead atoms. The van der Waals surface area contributed by atoms with E-state index >= 15 is 0 Å². The Balaban J connectivity index is 1.35. The van der Waals surface area contributed by atoms with Crippen molar-refractivity contribution in [2.45, 2.75) is 52.4 Å². The number of carbonyl (C=O) groups excluding carboxylic acids is 2. The topological polar surface area (TPSA) is 108 Å². The summed E-state index contributed by atoms with van der Waals surface area (Å²) < 4.78 is 28.2. The zero-order valence-electron chi connectivity index (χ0n) is 22.9. The van der Waals surface area contributed by atoms with E-state index in [2.05, 4.69) is 15.8 Å². The highest BCUT2D eigenvalue weighted by Gasteiger charge is 2.33. The van der Waals surface area contributed by atoms with E-state index in [4.69, 9.17) is 0 Å². The van der Waals surface area contributed by atoms with Crippen molar-refractivity contribution in [2.24, 2.45) is 11.0 Å². The van der Waals surface area contributed by atoms with E-state index in [-0.39, 0.29) is 30.8 Å². The first kappa shape index (κ1) is 28.7. The van der Waals surface area contributed by atoms with Crippen LogP contribution in [0.15, 0.2) is 58.5 Å². The van der Waals surface area contributed by atoms with Crippen molar-refractivity contribution >= 4 is 44.6 Å². The second kappa shape index (κ2) is 11.8. The van der Waals surface area contributed by atoms with Crippen LogP contribution in [-0.4, -0.2) is 43.3 Å². The van der Waals surface area contributed by atoms with Gasteiger partial charge in [-0.25, -0.2) is 13.8 Å².